The highest BCUT2D eigenvalue weighted by Crippen LogP contribution is 2.30. The number of benzene rings is 1. The number of anilines is 1. The van der Waals surface area contributed by atoms with Gasteiger partial charge in [-0.15, -0.1) is 0 Å². The molecule has 1 aliphatic heterocycles. The number of carbonyl (C=O) groups excluding carboxylic acids is 1. The topological polar surface area (TPSA) is 76.1 Å². The molecule has 0 fully saturated rings. The number of urea groups is 1. The minimum atomic E-state index is -0.271. The first kappa shape index (κ1) is 11.5. The monoisotopic (exact) mass is 256 g/mol. The van der Waals surface area contributed by atoms with Crippen LogP contribution in [0.1, 0.15) is 17.2 Å². The summed E-state index contributed by atoms with van der Waals surface area (Å²) in [5, 5.41) is 5.51. The molecule has 0 bridgehead atoms. The minimum Gasteiger partial charge on any atom is -0.497 e. The van der Waals surface area contributed by atoms with Crippen LogP contribution >= 0.6 is 0 Å². The van der Waals surface area contributed by atoms with Crippen LogP contribution in [-0.4, -0.2) is 23.1 Å². The van der Waals surface area contributed by atoms with Crippen molar-refractivity contribution < 1.29 is 9.53 Å². The second kappa shape index (κ2) is 4.56. The first-order chi connectivity index (χ1) is 9.28. The number of nitrogens with zero attached hydrogens (tertiary/aromatic N) is 2. The van der Waals surface area contributed by atoms with Crippen molar-refractivity contribution in [1.29, 1.82) is 0 Å². The van der Waals surface area contributed by atoms with E-state index in [0.717, 1.165) is 16.9 Å². The number of amides is 2. The predicted molar refractivity (Wildman–Crippen MR) is 69.0 cm³/mol. The third-order valence-electron chi connectivity index (χ3n) is 3.01. The highest BCUT2D eigenvalue weighted by molar-refractivity contribution is 5.92. The molecule has 3 rings (SSSR count). The summed E-state index contributed by atoms with van der Waals surface area (Å²) in [6.45, 7) is 0. The Labute approximate surface area is 109 Å². The van der Waals surface area contributed by atoms with Gasteiger partial charge in [-0.25, -0.2) is 14.8 Å². The van der Waals surface area contributed by atoms with Crippen LogP contribution in [0.15, 0.2) is 36.8 Å². The van der Waals surface area contributed by atoms with Gasteiger partial charge in [-0.1, -0.05) is 12.1 Å². The maximum Gasteiger partial charge on any atom is 0.321 e. The number of fused-ring (bicyclic) bond motifs is 1. The summed E-state index contributed by atoms with van der Waals surface area (Å²) in [4.78, 5) is 19.7. The number of carbonyl (C=O) groups is 1. The van der Waals surface area contributed by atoms with Crippen molar-refractivity contribution in [2.45, 2.75) is 6.04 Å². The Balaban J connectivity index is 2.02. The van der Waals surface area contributed by atoms with Gasteiger partial charge in [0, 0.05) is 11.8 Å². The number of aromatic nitrogens is 2. The van der Waals surface area contributed by atoms with Gasteiger partial charge in [-0.2, -0.15) is 0 Å². The van der Waals surface area contributed by atoms with Crippen molar-refractivity contribution in [3.05, 3.63) is 47.9 Å². The van der Waals surface area contributed by atoms with Crippen molar-refractivity contribution in [2.24, 2.45) is 0 Å². The zero-order chi connectivity index (χ0) is 13.2. The van der Waals surface area contributed by atoms with Crippen molar-refractivity contribution in [3.63, 3.8) is 0 Å². The molecule has 1 aromatic carbocycles. The second-order valence-electron chi connectivity index (χ2n) is 4.13. The standard InChI is InChI=1S/C13H12N4O2/c1-19-9-4-2-8(3-5-9)11-10-6-14-7-15-12(10)17-13(18)16-11/h2-7,11H,1H3,(H2,14,15,16,17,18). The number of ether oxygens (including phenoxy) is 1. The molecule has 0 radical (unpaired) electrons. The molecule has 1 unspecified atom stereocenters. The van der Waals surface area contributed by atoms with Gasteiger partial charge in [0.2, 0.25) is 0 Å². The van der Waals surface area contributed by atoms with Crippen LogP contribution < -0.4 is 15.4 Å². The van der Waals surface area contributed by atoms with Crippen LogP contribution in [0.2, 0.25) is 0 Å². The van der Waals surface area contributed by atoms with Crippen LogP contribution in [0.3, 0.4) is 0 Å². The quantitative estimate of drug-likeness (QED) is 0.857. The third kappa shape index (κ3) is 2.08. The molecule has 6 nitrogen and oxygen atoms in total. The maximum absolute atomic E-state index is 11.6. The Kier molecular flexibility index (Phi) is 2.75. The van der Waals surface area contributed by atoms with Crippen LogP contribution in [0.25, 0.3) is 0 Å². The zero-order valence-corrected chi connectivity index (χ0v) is 10.3. The first-order valence-corrected chi connectivity index (χ1v) is 5.79. The van der Waals surface area contributed by atoms with Gasteiger partial charge in [-0.05, 0) is 17.7 Å². The van der Waals surface area contributed by atoms with E-state index in [1.165, 1.54) is 6.33 Å². The summed E-state index contributed by atoms with van der Waals surface area (Å²) in [5.74, 6) is 1.31. The van der Waals surface area contributed by atoms with Crippen LogP contribution in [-0.2, 0) is 0 Å². The summed E-state index contributed by atoms with van der Waals surface area (Å²) < 4.78 is 5.12. The lowest BCUT2D eigenvalue weighted by atomic mass is 9.99. The molecular formula is C13H12N4O2. The van der Waals surface area contributed by atoms with Gasteiger partial charge in [0.05, 0.1) is 13.2 Å². The van der Waals surface area contributed by atoms with Crippen molar-refractivity contribution in [3.8, 4) is 5.75 Å². The lowest BCUT2D eigenvalue weighted by molar-refractivity contribution is 0.248. The van der Waals surface area contributed by atoms with E-state index in [9.17, 15) is 4.79 Å². The fourth-order valence-corrected chi connectivity index (χ4v) is 2.07. The van der Waals surface area contributed by atoms with E-state index < -0.39 is 0 Å². The molecule has 2 aromatic rings. The van der Waals surface area contributed by atoms with Crippen molar-refractivity contribution >= 4 is 11.8 Å². The molecule has 96 valence electrons. The molecule has 2 heterocycles. The minimum absolute atomic E-state index is 0.254. The van der Waals surface area contributed by atoms with Gasteiger partial charge in [0.1, 0.15) is 17.9 Å². The Hall–Kier alpha value is -2.63. The largest absolute Gasteiger partial charge is 0.497 e. The lowest BCUT2D eigenvalue weighted by Crippen LogP contribution is -2.38. The molecule has 2 N–H and O–H groups in total. The summed E-state index contributed by atoms with van der Waals surface area (Å²) in [7, 11) is 1.62. The summed E-state index contributed by atoms with van der Waals surface area (Å²) in [6, 6.07) is 7.00. The maximum atomic E-state index is 11.6. The van der Waals surface area contributed by atoms with E-state index >= 15 is 0 Å². The Morgan fingerprint density at radius 2 is 2.05 bits per heavy atom. The van der Waals surface area contributed by atoms with Crippen molar-refractivity contribution in [2.75, 3.05) is 12.4 Å². The third-order valence-corrected chi connectivity index (χ3v) is 3.01. The van der Waals surface area contributed by atoms with Gasteiger partial charge in [0.25, 0.3) is 0 Å². The fourth-order valence-electron chi connectivity index (χ4n) is 2.07. The first-order valence-electron chi connectivity index (χ1n) is 5.79. The number of methoxy groups -OCH3 is 1. The molecule has 19 heavy (non-hydrogen) atoms. The average molecular weight is 256 g/mol. The van der Waals surface area contributed by atoms with E-state index in [1.54, 1.807) is 13.3 Å². The number of hydrogen-bond donors (Lipinski definition) is 2. The fraction of sp³-hybridized carbons (Fsp3) is 0.154. The van der Waals surface area contributed by atoms with Crippen LogP contribution in [0.4, 0.5) is 10.6 Å². The van der Waals surface area contributed by atoms with Crippen LogP contribution in [0.5, 0.6) is 5.75 Å². The van der Waals surface area contributed by atoms with E-state index in [0.29, 0.717) is 5.82 Å². The van der Waals surface area contributed by atoms with Gasteiger partial charge < -0.3 is 10.1 Å². The highest BCUT2D eigenvalue weighted by atomic mass is 16.5. The lowest BCUT2D eigenvalue weighted by Gasteiger charge is -2.26. The van der Waals surface area contributed by atoms with E-state index in [-0.39, 0.29) is 12.1 Å². The number of nitrogens with one attached hydrogen (secondary N) is 2. The van der Waals surface area contributed by atoms with Gasteiger partial charge in [-0.3, -0.25) is 5.32 Å². The molecule has 1 atom stereocenters. The van der Waals surface area contributed by atoms with E-state index in [1.807, 2.05) is 24.3 Å². The smallest absolute Gasteiger partial charge is 0.321 e. The Morgan fingerprint density at radius 1 is 1.26 bits per heavy atom. The van der Waals surface area contributed by atoms with Gasteiger partial charge in [0.15, 0.2) is 0 Å². The number of hydrogen-bond acceptors (Lipinski definition) is 4. The Bertz CT molecular complexity index is 612. The number of rotatable bonds is 2. The summed E-state index contributed by atoms with van der Waals surface area (Å²) in [6.07, 6.45) is 3.11. The van der Waals surface area contributed by atoms with E-state index in [4.69, 9.17) is 4.74 Å². The normalized spacial score (nSPS) is 17.1. The summed E-state index contributed by atoms with van der Waals surface area (Å²) in [5.41, 5.74) is 1.79. The zero-order valence-electron chi connectivity index (χ0n) is 10.3. The van der Waals surface area contributed by atoms with Crippen molar-refractivity contribution in [1.82, 2.24) is 15.3 Å². The Morgan fingerprint density at radius 3 is 2.79 bits per heavy atom. The second-order valence-corrected chi connectivity index (χ2v) is 4.13. The molecule has 0 saturated heterocycles. The highest BCUT2D eigenvalue weighted by Gasteiger charge is 2.26. The molecule has 0 spiro atoms. The van der Waals surface area contributed by atoms with E-state index in [2.05, 4.69) is 20.6 Å². The predicted octanol–water partition coefficient (Wildman–Crippen LogP) is 1.71. The van der Waals surface area contributed by atoms with Gasteiger partial charge >= 0.3 is 6.03 Å². The SMILES string of the molecule is COc1ccc(C2NC(=O)Nc3ncncc32)cc1. The average Bonchev–Trinajstić information content (AvgIpc) is 2.46. The molecule has 0 saturated carbocycles. The molecule has 2 amide bonds. The molecule has 1 aliphatic rings. The van der Waals surface area contributed by atoms with Crippen LogP contribution in [0, 0.1) is 0 Å². The molecule has 0 aliphatic carbocycles. The molecule has 6 heteroatoms. The molecular weight excluding hydrogens is 244 g/mol. The summed E-state index contributed by atoms with van der Waals surface area (Å²) >= 11 is 0. The molecule has 1 aromatic heterocycles.